The highest BCUT2D eigenvalue weighted by atomic mass is 79.9. The lowest BCUT2D eigenvalue weighted by Crippen LogP contribution is -1.99. The molecule has 1 unspecified atom stereocenters. The normalized spacial score (nSPS) is 13.0. The summed E-state index contributed by atoms with van der Waals surface area (Å²) in [4.78, 5) is 16.8. The molecule has 1 aromatic carbocycles. The summed E-state index contributed by atoms with van der Waals surface area (Å²) in [5, 5.41) is -0.316. The highest BCUT2D eigenvalue weighted by Crippen LogP contribution is 2.43. The molecule has 0 aliphatic carbocycles. The van der Waals surface area contributed by atoms with Crippen molar-refractivity contribution >= 4 is 81.8 Å². The Morgan fingerprint density at radius 1 is 1.05 bits per heavy atom. The fourth-order valence-corrected chi connectivity index (χ4v) is 6.12. The number of halogens is 4. The van der Waals surface area contributed by atoms with E-state index in [-0.39, 0.29) is 11.1 Å². The van der Waals surface area contributed by atoms with Crippen LogP contribution in [-0.4, -0.2) is 9.97 Å². The Hall–Kier alpha value is -0.0800. The van der Waals surface area contributed by atoms with Gasteiger partial charge in [-0.2, -0.15) is 0 Å². The van der Waals surface area contributed by atoms with Crippen molar-refractivity contribution in [1.29, 1.82) is 0 Å². The van der Waals surface area contributed by atoms with Gasteiger partial charge in [-0.1, -0.05) is 15.9 Å². The number of benzene rings is 1. The molecule has 104 valence electrons. The molecule has 3 rings (SSSR count). The summed E-state index contributed by atoms with van der Waals surface area (Å²) >= 11 is 18.6. The van der Waals surface area contributed by atoms with Gasteiger partial charge in [-0.3, -0.25) is 0 Å². The molecule has 2 aromatic heterocycles. The zero-order chi connectivity index (χ0) is 14.4. The molecule has 0 fully saturated rings. The summed E-state index contributed by atoms with van der Waals surface area (Å²) in [5.41, 5.74) is 3.15. The van der Waals surface area contributed by atoms with Crippen LogP contribution in [0.15, 0.2) is 35.0 Å². The van der Waals surface area contributed by atoms with E-state index in [9.17, 15) is 4.79 Å². The van der Waals surface area contributed by atoms with Crippen molar-refractivity contribution < 1.29 is 0 Å². The summed E-state index contributed by atoms with van der Waals surface area (Å²) in [6, 6.07) is 5.73. The van der Waals surface area contributed by atoms with Crippen LogP contribution in [0.3, 0.4) is 0 Å². The summed E-state index contributed by atoms with van der Waals surface area (Å²) in [6.07, 6.45) is 0. The molecule has 2 N–H and O–H groups in total. The van der Waals surface area contributed by atoms with Crippen molar-refractivity contribution in [2.75, 3.05) is 0 Å². The van der Waals surface area contributed by atoms with Crippen molar-refractivity contribution in [3.63, 3.8) is 0 Å². The quantitative estimate of drug-likeness (QED) is 0.446. The molecule has 20 heavy (non-hydrogen) atoms. The van der Waals surface area contributed by atoms with E-state index in [1.807, 2.05) is 18.2 Å². The smallest absolute Gasteiger partial charge is 0.306 e. The second-order valence-corrected chi connectivity index (χ2v) is 9.18. The highest BCUT2D eigenvalue weighted by molar-refractivity contribution is 9.12. The third-order valence-corrected chi connectivity index (χ3v) is 6.41. The monoisotopic (exact) mass is 498 g/mol. The molecular weight excluding hydrogens is 495 g/mol. The third kappa shape index (κ3) is 2.66. The molecule has 1 atom stereocenters. The number of H-pyrrole nitrogens is 2. The van der Waals surface area contributed by atoms with Gasteiger partial charge < -0.3 is 9.97 Å². The second kappa shape index (κ2) is 5.61. The molecule has 0 spiro atoms. The molecule has 2 heterocycles. The van der Waals surface area contributed by atoms with Gasteiger partial charge in [0.1, 0.15) is 0 Å². The molecule has 0 aliphatic rings. The predicted octanol–water partition coefficient (Wildman–Crippen LogP) is 5.53. The van der Waals surface area contributed by atoms with Gasteiger partial charge in [-0.05, 0) is 55.6 Å². The number of rotatable bonds is 2. The van der Waals surface area contributed by atoms with Crippen LogP contribution >= 0.6 is 70.7 Å². The first kappa shape index (κ1) is 14.8. The molecule has 0 radical (unpaired) electrons. The topological polar surface area (TPSA) is 48.6 Å². The Morgan fingerprint density at radius 3 is 2.30 bits per heavy atom. The van der Waals surface area contributed by atoms with Crippen LogP contribution in [0.4, 0.5) is 0 Å². The fourth-order valence-electron chi connectivity index (χ4n) is 1.96. The third-order valence-electron chi connectivity index (χ3n) is 2.86. The Kier molecular flexibility index (Phi) is 4.16. The summed E-state index contributed by atoms with van der Waals surface area (Å²) in [7, 11) is 0. The zero-order valence-electron chi connectivity index (χ0n) is 9.64. The largest absolute Gasteiger partial charge is 0.323 e. The number of fused-ring (bicyclic) bond motifs is 1. The van der Waals surface area contributed by atoms with Gasteiger partial charge in [0.15, 0.2) is 0 Å². The maximum absolute atomic E-state index is 11.3. The Bertz CT molecular complexity index is 854. The molecule has 0 bridgehead atoms. The van der Waals surface area contributed by atoms with Crippen LogP contribution in [0.1, 0.15) is 16.5 Å². The van der Waals surface area contributed by atoms with Crippen molar-refractivity contribution in [2.24, 2.45) is 0 Å². The number of hydrogen-bond acceptors (Lipinski definition) is 2. The number of aromatic nitrogens is 2. The number of nitrogens with one attached hydrogen (secondary N) is 2. The van der Waals surface area contributed by atoms with Crippen molar-refractivity contribution in [1.82, 2.24) is 9.97 Å². The number of imidazole rings is 1. The molecule has 0 aliphatic heterocycles. The minimum Gasteiger partial charge on any atom is -0.306 e. The minimum atomic E-state index is -0.316. The van der Waals surface area contributed by atoms with Gasteiger partial charge in [0, 0.05) is 10.0 Å². The first-order chi connectivity index (χ1) is 9.45. The Morgan fingerprint density at radius 2 is 1.70 bits per heavy atom. The lowest BCUT2D eigenvalue weighted by Gasteiger charge is -2.11. The first-order valence-corrected chi connectivity index (χ1v) is 9.09. The number of hydrogen-bond donors (Lipinski definition) is 2. The van der Waals surface area contributed by atoms with E-state index in [2.05, 4.69) is 57.8 Å². The predicted molar refractivity (Wildman–Crippen MR) is 94.0 cm³/mol. The lowest BCUT2D eigenvalue weighted by atomic mass is 10.1. The standard InChI is InChI=1S/C12H6Br3ClN2OS/c13-6-3-8-7(17-12(19)18-8)1-4(6)10(16)5-2-9(14)20-11(5)15/h1-3,10H,(H2,17,18,19). The van der Waals surface area contributed by atoms with Crippen LogP contribution in [0.2, 0.25) is 0 Å². The van der Waals surface area contributed by atoms with Crippen LogP contribution < -0.4 is 5.69 Å². The summed E-state index contributed by atoms with van der Waals surface area (Å²) in [5.74, 6) is 0. The number of thiophene rings is 1. The van der Waals surface area contributed by atoms with Gasteiger partial charge in [0.05, 0.1) is 24.0 Å². The fraction of sp³-hybridized carbons (Fsp3) is 0.0833. The number of alkyl halides is 1. The minimum absolute atomic E-state index is 0.227. The van der Waals surface area contributed by atoms with E-state index in [1.165, 1.54) is 0 Å². The van der Waals surface area contributed by atoms with Crippen molar-refractivity contribution in [3.05, 3.63) is 51.9 Å². The van der Waals surface area contributed by atoms with Gasteiger partial charge in [0.25, 0.3) is 0 Å². The molecule has 3 aromatic rings. The van der Waals surface area contributed by atoms with E-state index in [0.29, 0.717) is 0 Å². The van der Waals surface area contributed by atoms with E-state index >= 15 is 0 Å². The Labute approximate surface area is 148 Å². The molecule has 0 amide bonds. The molecule has 0 saturated heterocycles. The number of aromatic amines is 2. The van der Waals surface area contributed by atoms with E-state index in [1.54, 1.807) is 11.3 Å². The zero-order valence-corrected chi connectivity index (χ0v) is 16.0. The molecular formula is C12H6Br3ClN2OS. The van der Waals surface area contributed by atoms with Crippen LogP contribution in [0.5, 0.6) is 0 Å². The van der Waals surface area contributed by atoms with Crippen LogP contribution in [0, 0.1) is 0 Å². The van der Waals surface area contributed by atoms with E-state index < -0.39 is 0 Å². The van der Waals surface area contributed by atoms with Crippen LogP contribution in [0.25, 0.3) is 11.0 Å². The maximum atomic E-state index is 11.3. The average molecular weight is 501 g/mol. The van der Waals surface area contributed by atoms with Gasteiger partial charge in [-0.15, -0.1) is 22.9 Å². The van der Waals surface area contributed by atoms with Crippen molar-refractivity contribution in [3.8, 4) is 0 Å². The lowest BCUT2D eigenvalue weighted by molar-refractivity contribution is 1.14. The molecule has 8 heteroatoms. The molecule has 0 saturated carbocycles. The van der Waals surface area contributed by atoms with Crippen LogP contribution in [-0.2, 0) is 0 Å². The van der Waals surface area contributed by atoms with Gasteiger partial charge >= 0.3 is 5.69 Å². The Balaban J connectivity index is 2.15. The second-order valence-electron chi connectivity index (χ2n) is 4.14. The average Bonchev–Trinajstić information content (AvgIpc) is 2.88. The SMILES string of the molecule is O=c1[nH]c2cc(Br)c(C(Cl)c3cc(Br)sc3Br)cc2[nH]1. The maximum Gasteiger partial charge on any atom is 0.323 e. The van der Waals surface area contributed by atoms with E-state index in [4.69, 9.17) is 11.6 Å². The van der Waals surface area contributed by atoms with Crippen molar-refractivity contribution in [2.45, 2.75) is 5.38 Å². The summed E-state index contributed by atoms with van der Waals surface area (Å²) < 4.78 is 2.85. The summed E-state index contributed by atoms with van der Waals surface area (Å²) in [6.45, 7) is 0. The molecule has 3 nitrogen and oxygen atoms in total. The van der Waals surface area contributed by atoms with Gasteiger partial charge in [-0.25, -0.2) is 4.79 Å². The highest BCUT2D eigenvalue weighted by Gasteiger charge is 2.20. The van der Waals surface area contributed by atoms with E-state index in [0.717, 1.165) is 34.2 Å². The first-order valence-electron chi connectivity index (χ1n) is 5.46. The van der Waals surface area contributed by atoms with Gasteiger partial charge in [0.2, 0.25) is 0 Å².